The van der Waals surface area contributed by atoms with Crippen molar-refractivity contribution in [3.63, 3.8) is 0 Å². The van der Waals surface area contributed by atoms with E-state index in [2.05, 4.69) is 4.90 Å². The maximum absolute atomic E-state index is 11.1. The van der Waals surface area contributed by atoms with Gasteiger partial charge in [0.05, 0.1) is 0 Å². The van der Waals surface area contributed by atoms with Crippen LogP contribution < -0.4 is 0 Å². The molecule has 4 heteroatoms. The summed E-state index contributed by atoms with van der Waals surface area (Å²) in [5.74, 6) is 0.175. The van der Waals surface area contributed by atoms with E-state index in [4.69, 9.17) is 5.11 Å². The lowest BCUT2D eigenvalue weighted by molar-refractivity contribution is -0.128. The molecule has 1 heterocycles. The van der Waals surface area contributed by atoms with Crippen molar-refractivity contribution in [1.82, 2.24) is 9.80 Å². The molecule has 1 N–H and O–H groups in total. The zero-order chi connectivity index (χ0) is 10.4. The van der Waals surface area contributed by atoms with Crippen molar-refractivity contribution in [3.05, 3.63) is 0 Å². The second kappa shape index (κ2) is 5.98. The normalized spacial score (nSPS) is 19.4. The lowest BCUT2D eigenvalue weighted by Gasteiger charge is -2.20. The molecule has 82 valence electrons. The van der Waals surface area contributed by atoms with Crippen molar-refractivity contribution in [2.45, 2.75) is 19.8 Å². The first-order chi connectivity index (χ1) is 6.74. The number of aliphatic hydroxyl groups excluding tert-OH is 1. The molecule has 0 unspecified atom stereocenters. The molecule has 1 saturated heterocycles. The van der Waals surface area contributed by atoms with E-state index in [0.717, 1.165) is 45.6 Å². The summed E-state index contributed by atoms with van der Waals surface area (Å²) in [4.78, 5) is 15.4. The van der Waals surface area contributed by atoms with Crippen LogP contribution in [0.25, 0.3) is 0 Å². The topological polar surface area (TPSA) is 43.8 Å². The van der Waals surface area contributed by atoms with Gasteiger partial charge in [-0.05, 0) is 19.4 Å². The quantitative estimate of drug-likeness (QED) is 0.693. The minimum Gasteiger partial charge on any atom is -0.396 e. The third-order valence-corrected chi connectivity index (χ3v) is 2.67. The molecule has 0 saturated carbocycles. The number of hydrogen-bond donors (Lipinski definition) is 1. The first kappa shape index (κ1) is 11.5. The molecular weight excluding hydrogens is 180 g/mol. The van der Waals surface area contributed by atoms with Crippen LogP contribution >= 0.6 is 0 Å². The van der Waals surface area contributed by atoms with Gasteiger partial charge in [0, 0.05) is 39.7 Å². The Morgan fingerprint density at radius 2 is 2.07 bits per heavy atom. The highest BCUT2D eigenvalue weighted by molar-refractivity contribution is 5.73. The number of hydrogen-bond acceptors (Lipinski definition) is 3. The number of amides is 1. The fourth-order valence-corrected chi connectivity index (χ4v) is 1.80. The van der Waals surface area contributed by atoms with Crippen molar-refractivity contribution in [2.75, 3.05) is 39.3 Å². The number of carbonyl (C=O) groups excluding carboxylic acids is 1. The zero-order valence-corrected chi connectivity index (χ0v) is 8.91. The summed E-state index contributed by atoms with van der Waals surface area (Å²) in [5, 5.41) is 8.72. The molecule has 0 atom stereocenters. The van der Waals surface area contributed by atoms with E-state index in [1.807, 2.05) is 4.90 Å². The minimum absolute atomic E-state index is 0.175. The molecule has 0 spiro atoms. The van der Waals surface area contributed by atoms with Crippen LogP contribution in [0.5, 0.6) is 0 Å². The van der Waals surface area contributed by atoms with Crippen molar-refractivity contribution in [3.8, 4) is 0 Å². The Labute approximate surface area is 85.5 Å². The number of nitrogens with zero attached hydrogens (tertiary/aromatic N) is 2. The highest BCUT2D eigenvalue weighted by atomic mass is 16.3. The van der Waals surface area contributed by atoms with Gasteiger partial charge in [-0.15, -0.1) is 0 Å². The highest BCUT2D eigenvalue weighted by Crippen LogP contribution is 2.03. The van der Waals surface area contributed by atoms with Crippen LogP contribution in [0.4, 0.5) is 0 Å². The predicted molar refractivity (Wildman–Crippen MR) is 55.0 cm³/mol. The molecule has 1 rings (SSSR count). The van der Waals surface area contributed by atoms with Crippen LogP contribution in [0.1, 0.15) is 19.8 Å². The maximum Gasteiger partial charge on any atom is 0.219 e. The van der Waals surface area contributed by atoms with Gasteiger partial charge in [-0.25, -0.2) is 0 Å². The van der Waals surface area contributed by atoms with Gasteiger partial charge in [0.25, 0.3) is 0 Å². The molecule has 14 heavy (non-hydrogen) atoms. The highest BCUT2D eigenvalue weighted by Gasteiger charge is 2.15. The van der Waals surface area contributed by atoms with Gasteiger partial charge in [0.15, 0.2) is 0 Å². The number of carbonyl (C=O) groups is 1. The van der Waals surface area contributed by atoms with Crippen molar-refractivity contribution < 1.29 is 9.90 Å². The van der Waals surface area contributed by atoms with Gasteiger partial charge in [-0.3, -0.25) is 4.79 Å². The van der Waals surface area contributed by atoms with Crippen LogP contribution in [0.2, 0.25) is 0 Å². The molecular formula is C10H20N2O2. The van der Waals surface area contributed by atoms with E-state index in [-0.39, 0.29) is 12.5 Å². The summed E-state index contributed by atoms with van der Waals surface area (Å²) < 4.78 is 0. The minimum atomic E-state index is 0.175. The second-order valence-corrected chi connectivity index (χ2v) is 3.78. The largest absolute Gasteiger partial charge is 0.396 e. The summed E-state index contributed by atoms with van der Waals surface area (Å²) in [6.07, 6.45) is 1.88. The number of aliphatic hydroxyl groups is 1. The molecule has 1 aliphatic rings. The molecule has 0 aliphatic carbocycles. The molecule has 0 aromatic rings. The van der Waals surface area contributed by atoms with E-state index in [9.17, 15) is 4.79 Å². The van der Waals surface area contributed by atoms with Crippen LogP contribution in [0.3, 0.4) is 0 Å². The van der Waals surface area contributed by atoms with E-state index < -0.39 is 0 Å². The van der Waals surface area contributed by atoms with Crippen molar-refractivity contribution in [2.24, 2.45) is 0 Å². The lowest BCUT2D eigenvalue weighted by Crippen LogP contribution is -2.34. The summed E-state index contributed by atoms with van der Waals surface area (Å²) in [6, 6.07) is 0. The summed E-state index contributed by atoms with van der Waals surface area (Å²) >= 11 is 0. The van der Waals surface area contributed by atoms with Crippen LogP contribution in [0, 0.1) is 0 Å². The molecule has 0 radical (unpaired) electrons. The standard InChI is InChI=1S/C10H20N2O2/c1-10(14)12-6-2-4-11(7-8-12)5-3-9-13/h13H,2-9H2,1H3. The fraction of sp³-hybridized carbons (Fsp3) is 0.900. The van der Waals surface area contributed by atoms with Gasteiger partial charge in [-0.2, -0.15) is 0 Å². The third kappa shape index (κ3) is 3.64. The summed E-state index contributed by atoms with van der Waals surface area (Å²) in [5.41, 5.74) is 0. The maximum atomic E-state index is 11.1. The van der Waals surface area contributed by atoms with E-state index in [0.29, 0.717) is 0 Å². The Morgan fingerprint density at radius 1 is 1.29 bits per heavy atom. The first-order valence-corrected chi connectivity index (χ1v) is 5.33. The van der Waals surface area contributed by atoms with Crippen LogP contribution in [0.15, 0.2) is 0 Å². The molecule has 1 aliphatic heterocycles. The molecule has 1 fully saturated rings. The van der Waals surface area contributed by atoms with E-state index in [1.54, 1.807) is 6.92 Å². The average molecular weight is 200 g/mol. The van der Waals surface area contributed by atoms with Crippen molar-refractivity contribution in [1.29, 1.82) is 0 Å². The Bertz CT molecular complexity index is 185. The smallest absolute Gasteiger partial charge is 0.219 e. The second-order valence-electron chi connectivity index (χ2n) is 3.78. The third-order valence-electron chi connectivity index (χ3n) is 2.67. The van der Waals surface area contributed by atoms with Gasteiger partial charge >= 0.3 is 0 Å². The summed E-state index contributed by atoms with van der Waals surface area (Å²) in [6.45, 7) is 6.54. The fourth-order valence-electron chi connectivity index (χ4n) is 1.80. The van der Waals surface area contributed by atoms with Gasteiger partial charge in [0.1, 0.15) is 0 Å². The summed E-state index contributed by atoms with van der Waals surface area (Å²) in [7, 11) is 0. The molecule has 0 aromatic heterocycles. The van der Waals surface area contributed by atoms with Crippen LogP contribution in [-0.2, 0) is 4.79 Å². The Morgan fingerprint density at radius 3 is 2.71 bits per heavy atom. The van der Waals surface area contributed by atoms with Crippen LogP contribution in [-0.4, -0.2) is 60.1 Å². The van der Waals surface area contributed by atoms with Gasteiger partial charge in [0.2, 0.25) is 5.91 Å². The molecule has 0 bridgehead atoms. The monoisotopic (exact) mass is 200 g/mol. The first-order valence-electron chi connectivity index (χ1n) is 5.33. The van der Waals surface area contributed by atoms with Crippen molar-refractivity contribution >= 4 is 5.91 Å². The number of rotatable bonds is 3. The average Bonchev–Trinajstić information content (AvgIpc) is 2.39. The SMILES string of the molecule is CC(=O)N1CCCN(CCCO)CC1. The van der Waals surface area contributed by atoms with Gasteiger partial charge < -0.3 is 14.9 Å². The Balaban J connectivity index is 2.29. The Kier molecular flexibility index (Phi) is 4.90. The van der Waals surface area contributed by atoms with Gasteiger partial charge in [-0.1, -0.05) is 0 Å². The molecule has 1 amide bonds. The zero-order valence-electron chi connectivity index (χ0n) is 8.91. The predicted octanol–water partition coefficient (Wildman–Crippen LogP) is -0.0770. The molecule has 0 aromatic carbocycles. The van der Waals surface area contributed by atoms with E-state index in [1.165, 1.54) is 0 Å². The lowest BCUT2D eigenvalue weighted by atomic mass is 10.3. The molecule has 4 nitrogen and oxygen atoms in total. The Hall–Kier alpha value is -0.610. The van der Waals surface area contributed by atoms with E-state index >= 15 is 0 Å².